The Hall–Kier alpha value is -1.70. The predicted molar refractivity (Wildman–Crippen MR) is 55.3 cm³/mol. The maximum Gasteiger partial charge on any atom is 0.389 e. The van der Waals surface area contributed by atoms with E-state index in [1.165, 1.54) is 0 Å². The van der Waals surface area contributed by atoms with Gasteiger partial charge in [0.05, 0.1) is 4.92 Å². The Morgan fingerprint density at radius 2 is 2.00 bits per heavy atom. The molecule has 0 radical (unpaired) electrons. The van der Waals surface area contributed by atoms with Gasteiger partial charge in [-0.15, -0.1) is 0 Å². The van der Waals surface area contributed by atoms with Gasteiger partial charge in [0.15, 0.2) is 0 Å². The Bertz CT molecular complexity index is 448. The molecule has 1 rings (SSSR count). The molecule has 1 aromatic carbocycles. The number of nitrogens with zero attached hydrogens (tertiary/aromatic N) is 1. The highest BCUT2D eigenvalue weighted by molar-refractivity contribution is 5.42. The first-order valence-corrected chi connectivity index (χ1v) is 4.97. The van der Waals surface area contributed by atoms with Crippen LogP contribution in [0.5, 0.6) is 0 Å². The zero-order valence-corrected chi connectivity index (χ0v) is 9.08. The molecule has 100 valence electrons. The summed E-state index contributed by atoms with van der Waals surface area (Å²) < 4.78 is 49.0. The molecule has 8 heteroatoms. The molecule has 0 aliphatic rings. The second kappa shape index (κ2) is 5.30. The number of nitro benzene ring substituents is 1. The third-order valence-corrected chi connectivity index (χ3v) is 2.32. The molecule has 2 N–H and O–H groups in total. The average Bonchev–Trinajstić information content (AvgIpc) is 2.24. The van der Waals surface area contributed by atoms with E-state index in [9.17, 15) is 27.7 Å². The normalized spacial score (nSPS) is 13.4. The van der Waals surface area contributed by atoms with E-state index in [1.54, 1.807) is 0 Å². The van der Waals surface area contributed by atoms with Crippen LogP contribution in [-0.2, 0) is 0 Å². The van der Waals surface area contributed by atoms with E-state index in [4.69, 9.17) is 5.73 Å². The Morgan fingerprint density at radius 3 is 2.50 bits per heavy atom. The van der Waals surface area contributed by atoms with Crippen molar-refractivity contribution < 1.29 is 22.5 Å². The van der Waals surface area contributed by atoms with Gasteiger partial charge in [0.25, 0.3) is 5.69 Å². The lowest BCUT2D eigenvalue weighted by Gasteiger charge is -2.13. The van der Waals surface area contributed by atoms with Crippen molar-refractivity contribution in [3.63, 3.8) is 0 Å². The summed E-state index contributed by atoms with van der Waals surface area (Å²) in [4.78, 5) is 9.84. The van der Waals surface area contributed by atoms with Gasteiger partial charge in [0.2, 0.25) is 0 Å². The fourth-order valence-corrected chi connectivity index (χ4v) is 1.46. The van der Waals surface area contributed by atoms with Crippen LogP contribution in [0.3, 0.4) is 0 Å². The first kappa shape index (κ1) is 14.4. The predicted octanol–water partition coefficient (Wildman–Crippen LogP) is 3.08. The Morgan fingerprint density at radius 1 is 1.39 bits per heavy atom. The first-order valence-electron chi connectivity index (χ1n) is 4.97. The minimum absolute atomic E-state index is 0.232. The molecule has 18 heavy (non-hydrogen) atoms. The molecule has 1 atom stereocenters. The Labute approximate surface area is 99.5 Å². The molecule has 0 aliphatic heterocycles. The third-order valence-electron chi connectivity index (χ3n) is 2.32. The summed E-state index contributed by atoms with van der Waals surface area (Å²) in [6, 6.07) is 1.30. The Balaban J connectivity index is 2.93. The highest BCUT2D eigenvalue weighted by Crippen LogP contribution is 2.30. The number of alkyl halides is 3. The maximum atomic E-state index is 12.9. The van der Waals surface area contributed by atoms with Gasteiger partial charge in [-0.2, -0.15) is 13.2 Å². The van der Waals surface area contributed by atoms with Crippen LogP contribution in [0.25, 0.3) is 0 Å². The highest BCUT2D eigenvalue weighted by Gasteiger charge is 2.29. The molecular formula is C10H10F4N2O2. The summed E-state index contributed by atoms with van der Waals surface area (Å²) in [6.07, 6.45) is -6.12. The molecule has 0 amide bonds. The molecule has 0 heterocycles. The van der Waals surface area contributed by atoms with Gasteiger partial charge in [-0.25, -0.2) is 4.39 Å². The van der Waals surface area contributed by atoms with Crippen molar-refractivity contribution in [3.05, 3.63) is 39.7 Å². The van der Waals surface area contributed by atoms with Crippen LogP contribution in [-0.4, -0.2) is 11.1 Å². The minimum Gasteiger partial charge on any atom is -0.324 e. The molecule has 0 aromatic heterocycles. The Kier molecular flexibility index (Phi) is 4.23. The summed E-state index contributed by atoms with van der Waals surface area (Å²) in [5.74, 6) is -0.780. The van der Waals surface area contributed by atoms with Gasteiger partial charge < -0.3 is 5.73 Å². The lowest BCUT2D eigenvalue weighted by Crippen LogP contribution is -2.17. The van der Waals surface area contributed by atoms with Gasteiger partial charge in [-0.05, 0) is 18.6 Å². The summed E-state index contributed by atoms with van der Waals surface area (Å²) in [7, 11) is 0. The fourth-order valence-electron chi connectivity index (χ4n) is 1.46. The zero-order valence-electron chi connectivity index (χ0n) is 9.08. The van der Waals surface area contributed by atoms with Gasteiger partial charge in [0, 0.05) is 24.1 Å². The molecule has 1 aromatic rings. The largest absolute Gasteiger partial charge is 0.389 e. The molecular weight excluding hydrogens is 256 g/mol. The summed E-state index contributed by atoms with van der Waals surface area (Å²) in [5.41, 5.74) is 4.73. The summed E-state index contributed by atoms with van der Waals surface area (Å²) >= 11 is 0. The van der Waals surface area contributed by atoms with Gasteiger partial charge in [-0.1, -0.05) is 0 Å². The molecule has 0 fully saturated rings. The molecule has 0 spiro atoms. The number of nitrogens with two attached hydrogens (primary N) is 1. The van der Waals surface area contributed by atoms with E-state index in [0.29, 0.717) is 0 Å². The third kappa shape index (κ3) is 3.95. The maximum absolute atomic E-state index is 12.9. The first-order chi connectivity index (χ1) is 8.20. The second-order valence-corrected chi connectivity index (χ2v) is 3.72. The van der Waals surface area contributed by atoms with Crippen LogP contribution in [0.4, 0.5) is 23.2 Å². The van der Waals surface area contributed by atoms with Crippen LogP contribution >= 0.6 is 0 Å². The number of halogens is 4. The van der Waals surface area contributed by atoms with E-state index in [2.05, 4.69) is 0 Å². The van der Waals surface area contributed by atoms with E-state index in [1.807, 2.05) is 0 Å². The van der Waals surface area contributed by atoms with Gasteiger partial charge in [-0.3, -0.25) is 10.1 Å². The fraction of sp³-hybridized carbons (Fsp3) is 0.400. The standard InChI is InChI=1S/C10H10F4N2O2/c11-6-1-2-9(16(17)18)7(5-6)8(15)3-4-10(12,13)14/h1-2,5,8H,3-4,15H2/t8-/m0/s1. The van der Waals surface area contributed by atoms with Crippen molar-refractivity contribution in [2.45, 2.75) is 25.1 Å². The SMILES string of the molecule is N[C@@H](CCC(F)(F)F)c1cc(F)ccc1[N+](=O)[O-]. The van der Waals surface area contributed by atoms with Crippen LogP contribution < -0.4 is 5.73 Å². The quantitative estimate of drug-likeness (QED) is 0.517. The smallest absolute Gasteiger partial charge is 0.324 e. The number of nitro groups is 1. The van der Waals surface area contributed by atoms with Crippen LogP contribution in [0.15, 0.2) is 18.2 Å². The molecule has 0 saturated heterocycles. The summed E-state index contributed by atoms with van der Waals surface area (Å²) in [6.45, 7) is 0. The number of hydrogen-bond acceptors (Lipinski definition) is 3. The van der Waals surface area contributed by atoms with E-state index in [-0.39, 0.29) is 5.56 Å². The van der Waals surface area contributed by atoms with Crippen molar-refractivity contribution in [1.29, 1.82) is 0 Å². The number of benzene rings is 1. The molecule has 0 aliphatic carbocycles. The van der Waals surface area contributed by atoms with Crippen molar-refractivity contribution in [1.82, 2.24) is 0 Å². The van der Waals surface area contributed by atoms with Crippen molar-refractivity contribution >= 4 is 5.69 Å². The van der Waals surface area contributed by atoms with E-state index >= 15 is 0 Å². The molecule has 0 saturated carbocycles. The number of hydrogen-bond donors (Lipinski definition) is 1. The highest BCUT2D eigenvalue weighted by atomic mass is 19.4. The van der Waals surface area contributed by atoms with Crippen molar-refractivity contribution in [2.24, 2.45) is 5.73 Å². The molecule has 0 unspecified atom stereocenters. The average molecular weight is 266 g/mol. The van der Waals surface area contributed by atoms with Crippen LogP contribution in [0, 0.1) is 15.9 Å². The second-order valence-electron chi connectivity index (χ2n) is 3.72. The lowest BCUT2D eigenvalue weighted by molar-refractivity contribution is -0.385. The van der Waals surface area contributed by atoms with E-state index in [0.717, 1.165) is 18.2 Å². The minimum atomic E-state index is -4.40. The zero-order chi connectivity index (χ0) is 13.9. The van der Waals surface area contributed by atoms with Crippen molar-refractivity contribution in [2.75, 3.05) is 0 Å². The monoisotopic (exact) mass is 266 g/mol. The van der Waals surface area contributed by atoms with Crippen LogP contribution in [0.2, 0.25) is 0 Å². The lowest BCUT2D eigenvalue weighted by atomic mass is 10.0. The van der Waals surface area contributed by atoms with E-state index < -0.39 is 41.5 Å². The molecule has 4 nitrogen and oxygen atoms in total. The topological polar surface area (TPSA) is 69.2 Å². The van der Waals surface area contributed by atoms with Gasteiger partial charge >= 0.3 is 6.18 Å². The van der Waals surface area contributed by atoms with Crippen LogP contribution in [0.1, 0.15) is 24.4 Å². The summed E-state index contributed by atoms with van der Waals surface area (Å²) in [5, 5.41) is 10.6. The number of rotatable bonds is 4. The molecule has 0 bridgehead atoms. The van der Waals surface area contributed by atoms with Crippen molar-refractivity contribution in [3.8, 4) is 0 Å². The van der Waals surface area contributed by atoms with Gasteiger partial charge in [0.1, 0.15) is 5.82 Å².